The van der Waals surface area contributed by atoms with Crippen molar-refractivity contribution in [2.75, 3.05) is 13.7 Å². The van der Waals surface area contributed by atoms with Crippen LogP contribution < -0.4 is 10.1 Å². The molecule has 0 saturated heterocycles. The molecule has 2 atom stereocenters. The average Bonchev–Trinajstić information content (AvgIpc) is 3.54. The lowest BCUT2D eigenvalue weighted by atomic mass is 10.1. The molecule has 2 aromatic carbocycles. The molecular weight excluding hydrogens is 388 g/mol. The van der Waals surface area contributed by atoms with Crippen LogP contribution in [0.4, 0.5) is 4.79 Å². The Morgan fingerprint density at radius 1 is 1.16 bits per heavy atom. The van der Waals surface area contributed by atoms with E-state index >= 15 is 0 Å². The van der Waals surface area contributed by atoms with E-state index in [1.807, 2.05) is 65.2 Å². The summed E-state index contributed by atoms with van der Waals surface area (Å²) < 4.78 is 7.24. The van der Waals surface area contributed by atoms with E-state index in [1.165, 1.54) is 12.8 Å². The van der Waals surface area contributed by atoms with E-state index in [0.717, 1.165) is 29.2 Å². The first kappa shape index (κ1) is 21.0. The predicted octanol–water partition coefficient (Wildman–Crippen LogP) is 4.70. The van der Waals surface area contributed by atoms with E-state index in [1.54, 1.807) is 13.3 Å². The summed E-state index contributed by atoms with van der Waals surface area (Å²) in [6, 6.07) is 17.5. The highest BCUT2D eigenvalue weighted by molar-refractivity contribution is 5.76. The van der Waals surface area contributed by atoms with Crippen LogP contribution in [-0.4, -0.2) is 34.1 Å². The minimum atomic E-state index is -0.358. The third kappa shape index (κ3) is 4.90. The lowest BCUT2D eigenvalue weighted by Crippen LogP contribution is -2.44. The maximum Gasteiger partial charge on any atom is 0.318 e. The van der Waals surface area contributed by atoms with Gasteiger partial charge in [-0.3, -0.25) is 0 Å². The number of nitrogens with zero attached hydrogens (tertiary/aromatic N) is 3. The van der Waals surface area contributed by atoms with Gasteiger partial charge in [0.15, 0.2) is 0 Å². The van der Waals surface area contributed by atoms with Gasteiger partial charge in [-0.05, 0) is 48.9 Å². The zero-order valence-corrected chi connectivity index (χ0v) is 18.4. The Balaban J connectivity index is 1.61. The summed E-state index contributed by atoms with van der Waals surface area (Å²) in [5.74, 6) is 2.16. The van der Waals surface area contributed by atoms with Crippen molar-refractivity contribution in [3.05, 3.63) is 83.9 Å². The summed E-state index contributed by atoms with van der Waals surface area (Å²) >= 11 is 0. The van der Waals surface area contributed by atoms with Crippen molar-refractivity contribution in [1.29, 1.82) is 0 Å². The van der Waals surface area contributed by atoms with Crippen molar-refractivity contribution in [2.24, 2.45) is 13.0 Å². The number of hydrogen-bond acceptors (Lipinski definition) is 3. The van der Waals surface area contributed by atoms with E-state index in [4.69, 9.17) is 4.74 Å². The molecule has 0 aliphatic heterocycles. The van der Waals surface area contributed by atoms with Crippen LogP contribution in [0.15, 0.2) is 67.0 Å². The molecule has 1 fully saturated rings. The van der Waals surface area contributed by atoms with E-state index < -0.39 is 0 Å². The number of methoxy groups -OCH3 is 1. The molecule has 1 saturated carbocycles. The Labute approximate surface area is 183 Å². The fourth-order valence-corrected chi connectivity index (χ4v) is 3.86. The summed E-state index contributed by atoms with van der Waals surface area (Å²) in [4.78, 5) is 20.1. The standard InChI is InChI=1S/C25H30N4O2/c1-18(20-7-5-4-6-8-20)29(17-19-9-10-19)25(30)27-23(24-26-15-16-28(24)2)21-11-13-22(31-3)14-12-21/h4-8,11-16,18-19,23H,9-10,17H2,1-3H3,(H,27,30). The molecule has 6 nitrogen and oxygen atoms in total. The molecule has 0 spiro atoms. The minimum absolute atomic E-state index is 0.0142. The van der Waals surface area contributed by atoms with Crippen LogP contribution in [0.25, 0.3) is 0 Å². The molecule has 1 heterocycles. The lowest BCUT2D eigenvalue weighted by Gasteiger charge is -2.32. The van der Waals surface area contributed by atoms with Gasteiger partial charge in [-0.15, -0.1) is 0 Å². The molecule has 1 aromatic heterocycles. The molecule has 3 aromatic rings. The van der Waals surface area contributed by atoms with E-state index in [-0.39, 0.29) is 18.1 Å². The van der Waals surface area contributed by atoms with Gasteiger partial charge in [0.2, 0.25) is 0 Å². The van der Waals surface area contributed by atoms with Gasteiger partial charge in [-0.1, -0.05) is 42.5 Å². The smallest absolute Gasteiger partial charge is 0.318 e. The Hall–Kier alpha value is -3.28. The second-order valence-electron chi connectivity index (χ2n) is 8.23. The second kappa shape index (κ2) is 9.25. The first-order valence-corrected chi connectivity index (χ1v) is 10.8. The molecule has 4 rings (SSSR count). The fraction of sp³-hybridized carbons (Fsp3) is 0.360. The minimum Gasteiger partial charge on any atom is -0.497 e. The fourth-order valence-electron chi connectivity index (χ4n) is 3.86. The Morgan fingerprint density at radius 2 is 1.87 bits per heavy atom. The van der Waals surface area contributed by atoms with Crippen molar-refractivity contribution in [3.8, 4) is 5.75 Å². The number of carbonyl (C=O) groups is 1. The van der Waals surface area contributed by atoms with Gasteiger partial charge in [0, 0.05) is 26.0 Å². The molecule has 162 valence electrons. The van der Waals surface area contributed by atoms with E-state index in [9.17, 15) is 4.79 Å². The maximum absolute atomic E-state index is 13.6. The number of aromatic nitrogens is 2. The van der Waals surface area contributed by atoms with Gasteiger partial charge in [-0.25, -0.2) is 9.78 Å². The molecule has 2 unspecified atom stereocenters. The van der Waals surface area contributed by atoms with Gasteiger partial charge in [0.25, 0.3) is 0 Å². The van der Waals surface area contributed by atoms with Crippen molar-refractivity contribution < 1.29 is 9.53 Å². The van der Waals surface area contributed by atoms with Crippen LogP contribution >= 0.6 is 0 Å². The molecule has 31 heavy (non-hydrogen) atoms. The Bertz CT molecular complexity index is 996. The molecule has 1 aliphatic rings. The summed E-state index contributed by atoms with van der Waals surface area (Å²) in [6.07, 6.45) is 6.03. The van der Waals surface area contributed by atoms with Crippen LogP contribution in [-0.2, 0) is 7.05 Å². The van der Waals surface area contributed by atoms with Crippen LogP contribution in [0.2, 0.25) is 0 Å². The Morgan fingerprint density at radius 3 is 2.45 bits per heavy atom. The largest absolute Gasteiger partial charge is 0.497 e. The summed E-state index contributed by atoms with van der Waals surface area (Å²) in [5, 5.41) is 3.26. The molecule has 1 N–H and O–H groups in total. The van der Waals surface area contributed by atoms with Crippen LogP contribution in [0, 0.1) is 5.92 Å². The second-order valence-corrected chi connectivity index (χ2v) is 8.23. The van der Waals surface area contributed by atoms with Crippen molar-refractivity contribution >= 4 is 6.03 Å². The highest BCUT2D eigenvalue weighted by Crippen LogP contribution is 2.33. The lowest BCUT2D eigenvalue weighted by molar-refractivity contribution is 0.173. The van der Waals surface area contributed by atoms with Gasteiger partial charge in [-0.2, -0.15) is 0 Å². The van der Waals surface area contributed by atoms with Crippen molar-refractivity contribution in [1.82, 2.24) is 19.8 Å². The molecule has 1 aliphatic carbocycles. The number of aryl methyl sites for hydroxylation is 1. The quantitative estimate of drug-likeness (QED) is 0.577. The van der Waals surface area contributed by atoms with E-state index in [0.29, 0.717) is 5.92 Å². The van der Waals surface area contributed by atoms with Gasteiger partial charge >= 0.3 is 6.03 Å². The number of imidazole rings is 1. The number of benzene rings is 2. The first-order chi connectivity index (χ1) is 15.1. The van der Waals surface area contributed by atoms with Crippen molar-refractivity contribution in [3.63, 3.8) is 0 Å². The zero-order chi connectivity index (χ0) is 21.8. The number of rotatable bonds is 8. The maximum atomic E-state index is 13.6. The zero-order valence-electron chi connectivity index (χ0n) is 18.4. The van der Waals surface area contributed by atoms with Crippen LogP contribution in [0.1, 0.15) is 48.8 Å². The molecule has 6 heteroatoms. The highest BCUT2D eigenvalue weighted by Gasteiger charge is 2.32. The number of hydrogen-bond donors (Lipinski definition) is 1. The van der Waals surface area contributed by atoms with Gasteiger partial charge in [0.05, 0.1) is 13.2 Å². The number of amides is 2. The summed E-state index contributed by atoms with van der Waals surface area (Å²) in [7, 11) is 3.59. The normalized spacial score (nSPS) is 15.2. The van der Waals surface area contributed by atoms with E-state index in [2.05, 4.69) is 29.4 Å². The van der Waals surface area contributed by atoms with Crippen LogP contribution in [0.3, 0.4) is 0 Å². The highest BCUT2D eigenvalue weighted by atomic mass is 16.5. The monoisotopic (exact) mass is 418 g/mol. The topological polar surface area (TPSA) is 59.4 Å². The van der Waals surface area contributed by atoms with Gasteiger partial charge in [0.1, 0.15) is 17.6 Å². The SMILES string of the molecule is COc1ccc(C(NC(=O)N(CC2CC2)C(C)c2ccccc2)c2nccn2C)cc1. The first-order valence-electron chi connectivity index (χ1n) is 10.8. The number of nitrogens with one attached hydrogen (secondary N) is 1. The average molecular weight is 419 g/mol. The molecule has 0 radical (unpaired) electrons. The number of urea groups is 1. The molecule has 2 amide bonds. The predicted molar refractivity (Wildman–Crippen MR) is 121 cm³/mol. The third-order valence-corrected chi connectivity index (χ3v) is 6.00. The number of carbonyl (C=O) groups excluding carboxylic acids is 1. The van der Waals surface area contributed by atoms with Crippen molar-refractivity contribution in [2.45, 2.75) is 31.8 Å². The van der Waals surface area contributed by atoms with Crippen LogP contribution in [0.5, 0.6) is 5.75 Å². The molecule has 0 bridgehead atoms. The molecular formula is C25H30N4O2. The Kier molecular flexibility index (Phi) is 6.26. The summed E-state index contributed by atoms with van der Waals surface area (Å²) in [5.41, 5.74) is 2.10. The van der Waals surface area contributed by atoms with Gasteiger partial charge < -0.3 is 19.5 Å². The number of ether oxygens (including phenoxy) is 1. The third-order valence-electron chi connectivity index (χ3n) is 6.00. The summed E-state index contributed by atoms with van der Waals surface area (Å²) in [6.45, 7) is 2.86.